The molecule has 1 unspecified atom stereocenters. The van der Waals surface area contributed by atoms with E-state index in [1.165, 1.54) is 0 Å². The van der Waals surface area contributed by atoms with Crippen LogP contribution in [0, 0.1) is 0 Å². The molecule has 0 radical (unpaired) electrons. The molecule has 1 heterocycles. The van der Waals surface area contributed by atoms with E-state index in [1.54, 1.807) is 24.0 Å². The number of carbonyl (C=O) groups is 1. The molecular formula is C14H20N2O3. The molecule has 0 aliphatic carbocycles. The van der Waals surface area contributed by atoms with Crippen LogP contribution in [-0.2, 0) is 0 Å². The first-order valence-electron chi connectivity index (χ1n) is 6.44. The van der Waals surface area contributed by atoms with Crippen LogP contribution in [0.5, 0.6) is 5.75 Å². The number of carbonyl (C=O) groups excluding carboxylic acids is 1. The number of ether oxygens (including phenoxy) is 1. The third-order valence-electron chi connectivity index (χ3n) is 3.41. The number of aliphatic hydroxyl groups excluding tert-OH is 1. The minimum absolute atomic E-state index is 0.0150. The van der Waals surface area contributed by atoms with Crippen molar-refractivity contribution in [1.82, 2.24) is 9.80 Å². The zero-order valence-corrected chi connectivity index (χ0v) is 11.4. The molecule has 2 amide bonds. The first-order chi connectivity index (χ1) is 9.11. The van der Waals surface area contributed by atoms with Gasteiger partial charge in [0, 0.05) is 20.1 Å². The van der Waals surface area contributed by atoms with Crippen LogP contribution in [0.1, 0.15) is 18.1 Å². The Hall–Kier alpha value is -1.75. The molecular weight excluding hydrogens is 244 g/mol. The molecule has 1 saturated heterocycles. The van der Waals surface area contributed by atoms with Crippen LogP contribution in [0.15, 0.2) is 24.3 Å². The largest absolute Gasteiger partial charge is 0.497 e. The van der Waals surface area contributed by atoms with Crippen molar-refractivity contribution in [3.63, 3.8) is 0 Å². The van der Waals surface area contributed by atoms with Gasteiger partial charge in [-0.1, -0.05) is 12.1 Å². The highest BCUT2D eigenvalue weighted by molar-refractivity contribution is 5.74. The van der Waals surface area contributed by atoms with Crippen molar-refractivity contribution in [2.24, 2.45) is 0 Å². The lowest BCUT2D eigenvalue weighted by Gasteiger charge is -2.34. The monoisotopic (exact) mass is 264 g/mol. The van der Waals surface area contributed by atoms with Crippen molar-refractivity contribution in [1.29, 1.82) is 0 Å². The predicted octanol–water partition coefficient (Wildman–Crippen LogP) is 1.49. The molecule has 1 aromatic rings. The number of rotatable bonds is 4. The first kappa shape index (κ1) is 13.7. The maximum absolute atomic E-state index is 11.9. The lowest BCUT2D eigenvalue weighted by Crippen LogP contribution is -2.48. The van der Waals surface area contributed by atoms with E-state index in [0.717, 1.165) is 24.3 Å². The number of benzene rings is 1. The zero-order chi connectivity index (χ0) is 13.8. The van der Waals surface area contributed by atoms with Crippen molar-refractivity contribution in [2.75, 3.05) is 33.8 Å². The molecule has 1 fully saturated rings. The summed E-state index contributed by atoms with van der Waals surface area (Å²) >= 11 is 0. The van der Waals surface area contributed by atoms with Gasteiger partial charge in [-0.2, -0.15) is 0 Å². The van der Waals surface area contributed by atoms with Gasteiger partial charge in [-0.25, -0.2) is 4.79 Å². The van der Waals surface area contributed by atoms with Crippen LogP contribution in [0.4, 0.5) is 4.79 Å². The second-order valence-electron chi connectivity index (χ2n) is 4.79. The summed E-state index contributed by atoms with van der Waals surface area (Å²) in [5.41, 5.74) is 0.793. The van der Waals surface area contributed by atoms with E-state index < -0.39 is 6.10 Å². The second-order valence-corrected chi connectivity index (χ2v) is 4.79. The van der Waals surface area contributed by atoms with Crippen molar-refractivity contribution < 1.29 is 14.6 Å². The standard InChI is InChI=1S/C14H20N2O3/c1-15-8-3-9-16(14(15)18)10-13(17)11-4-6-12(19-2)7-5-11/h4-7,13,17H,3,8-10H2,1-2H3. The molecule has 0 saturated carbocycles. The summed E-state index contributed by atoms with van der Waals surface area (Å²) in [6.07, 6.45) is 0.277. The number of hydrogen-bond acceptors (Lipinski definition) is 3. The van der Waals surface area contributed by atoms with Crippen LogP contribution in [0.2, 0.25) is 0 Å². The van der Waals surface area contributed by atoms with Gasteiger partial charge in [0.2, 0.25) is 0 Å². The van der Waals surface area contributed by atoms with Crippen LogP contribution in [0.25, 0.3) is 0 Å². The van der Waals surface area contributed by atoms with Gasteiger partial charge >= 0.3 is 6.03 Å². The van der Waals surface area contributed by atoms with Gasteiger partial charge in [0.05, 0.1) is 19.8 Å². The third kappa shape index (κ3) is 3.17. The highest BCUT2D eigenvalue weighted by Gasteiger charge is 2.24. The Kier molecular flexibility index (Phi) is 4.27. The molecule has 2 rings (SSSR count). The number of nitrogens with zero attached hydrogens (tertiary/aromatic N) is 2. The number of methoxy groups -OCH3 is 1. The molecule has 1 atom stereocenters. The van der Waals surface area contributed by atoms with Gasteiger partial charge < -0.3 is 19.6 Å². The Morgan fingerprint density at radius 3 is 2.63 bits per heavy atom. The minimum Gasteiger partial charge on any atom is -0.497 e. The average Bonchev–Trinajstić information content (AvgIpc) is 2.44. The SMILES string of the molecule is COc1ccc(C(O)CN2CCCN(C)C2=O)cc1. The summed E-state index contributed by atoms with van der Waals surface area (Å²) in [5.74, 6) is 0.754. The number of hydrogen-bond donors (Lipinski definition) is 1. The molecule has 0 spiro atoms. The molecule has 0 aromatic heterocycles. The normalized spacial score (nSPS) is 17.5. The van der Waals surface area contributed by atoms with Gasteiger partial charge in [-0.05, 0) is 24.1 Å². The van der Waals surface area contributed by atoms with Crippen molar-refractivity contribution in [2.45, 2.75) is 12.5 Å². The Morgan fingerprint density at radius 2 is 2.00 bits per heavy atom. The van der Waals surface area contributed by atoms with Gasteiger partial charge in [0.25, 0.3) is 0 Å². The highest BCUT2D eigenvalue weighted by Crippen LogP contribution is 2.20. The van der Waals surface area contributed by atoms with Crippen molar-refractivity contribution in [3.8, 4) is 5.75 Å². The summed E-state index contributed by atoms with van der Waals surface area (Å²) < 4.78 is 5.08. The van der Waals surface area contributed by atoms with E-state index >= 15 is 0 Å². The molecule has 1 aliphatic heterocycles. The lowest BCUT2D eigenvalue weighted by molar-refractivity contribution is 0.0924. The van der Waals surface area contributed by atoms with Crippen LogP contribution in [-0.4, -0.2) is 54.7 Å². The van der Waals surface area contributed by atoms with Crippen molar-refractivity contribution >= 4 is 6.03 Å². The fraction of sp³-hybridized carbons (Fsp3) is 0.500. The topological polar surface area (TPSA) is 53.0 Å². The first-order valence-corrected chi connectivity index (χ1v) is 6.44. The Labute approximate surface area is 113 Å². The molecule has 5 nitrogen and oxygen atoms in total. The summed E-state index contributed by atoms with van der Waals surface area (Å²) in [6, 6.07) is 7.24. The van der Waals surface area contributed by atoms with Crippen LogP contribution < -0.4 is 4.74 Å². The summed E-state index contributed by atoms with van der Waals surface area (Å²) in [4.78, 5) is 15.3. The Morgan fingerprint density at radius 1 is 1.32 bits per heavy atom. The fourth-order valence-electron chi connectivity index (χ4n) is 2.24. The van der Waals surface area contributed by atoms with Crippen molar-refractivity contribution in [3.05, 3.63) is 29.8 Å². The molecule has 104 valence electrons. The van der Waals surface area contributed by atoms with E-state index in [-0.39, 0.29) is 6.03 Å². The maximum atomic E-state index is 11.9. The lowest BCUT2D eigenvalue weighted by atomic mass is 10.1. The van der Waals surface area contributed by atoms with E-state index in [9.17, 15) is 9.90 Å². The third-order valence-corrected chi connectivity index (χ3v) is 3.41. The minimum atomic E-state index is -0.665. The predicted molar refractivity (Wildman–Crippen MR) is 72.2 cm³/mol. The van der Waals surface area contributed by atoms with E-state index in [2.05, 4.69) is 0 Å². The Balaban J connectivity index is 1.99. The number of amides is 2. The van der Waals surface area contributed by atoms with E-state index in [0.29, 0.717) is 13.1 Å². The number of urea groups is 1. The molecule has 1 N–H and O–H groups in total. The van der Waals surface area contributed by atoms with Gasteiger partial charge in [-0.3, -0.25) is 0 Å². The van der Waals surface area contributed by atoms with Crippen LogP contribution >= 0.6 is 0 Å². The molecule has 1 aliphatic rings. The van der Waals surface area contributed by atoms with Gasteiger partial charge in [0.1, 0.15) is 5.75 Å². The number of aliphatic hydroxyl groups is 1. The summed E-state index contributed by atoms with van der Waals surface area (Å²) in [7, 11) is 3.39. The summed E-state index contributed by atoms with van der Waals surface area (Å²) in [6.45, 7) is 1.82. The summed E-state index contributed by atoms with van der Waals surface area (Å²) in [5, 5.41) is 10.2. The second kappa shape index (κ2) is 5.93. The highest BCUT2D eigenvalue weighted by atomic mass is 16.5. The Bertz CT molecular complexity index is 433. The van der Waals surface area contributed by atoms with Gasteiger partial charge in [0.15, 0.2) is 0 Å². The molecule has 1 aromatic carbocycles. The molecule has 19 heavy (non-hydrogen) atoms. The smallest absolute Gasteiger partial charge is 0.319 e. The number of β-amino-alcohol motifs (C(OH)–C–C–N with tert-alkyl or cyclic N) is 1. The zero-order valence-electron chi connectivity index (χ0n) is 11.4. The fourth-order valence-corrected chi connectivity index (χ4v) is 2.24. The van der Waals surface area contributed by atoms with Gasteiger partial charge in [-0.15, -0.1) is 0 Å². The van der Waals surface area contributed by atoms with Crippen LogP contribution in [0.3, 0.4) is 0 Å². The molecule has 5 heteroatoms. The quantitative estimate of drug-likeness (QED) is 0.896. The average molecular weight is 264 g/mol. The molecule has 0 bridgehead atoms. The maximum Gasteiger partial charge on any atom is 0.319 e. The van der Waals surface area contributed by atoms with E-state index in [4.69, 9.17) is 4.74 Å². The van der Waals surface area contributed by atoms with E-state index in [1.807, 2.05) is 24.3 Å².